The van der Waals surface area contributed by atoms with Crippen molar-refractivity contribution in [2.45, 2.75) is 55.9 Å². The standard InChI is InChI=1S/C25H33N3O2.2C2HF3O2/c1-26-11-13-28(14-12-26)24(29)16-21-17-25(23-5-3-2-4-22(21)23)7-9-27(10-8-25)18-20-6-15-30-19-20;2*3-2(4,5)1(6)7/h2-6,15,19,21H,7-14,16-18H2,1H3;2*(H,6,7). The van der Waals surface area contributed by atoms with E-state index in [2.05, 4.69) is 52.1 Å². The molecule has 3 heterocycles. The highest BCUT2D eigenvalue weighted by Gasteiger charge is 2.46. The largest absolute Gasteiger partial charge is 0.490 e. The number of hydrogen-bond donors (Lipinski definition) is 2. The van der Waals surface area contributed by atoms with E-state index in [0.717, 1.165) is 52.2 Å². The first-order chi connectivity index (χ1) is 20.5. The van der Waals surface area contributed by atoms with Crippen LogP contribution in [0.4, 0.5) is 26.3 Å². The summed E-state index contributed by atoms with van der Waals surface area (Å²) in [5.74, 6) is -4.80. The van der Waals surface area contributed by atoms with E-state index in [-0.39, 0.29) is 5.41 Å². The molecule has 1 unspecified atom stereocenters. The SMILES string of the molecule is CN1CCN(C(=O)CC2CC3(CCN(Cc4ccoc4)CC3)c3ccccc32)CC1.O=C(O)C(F)(F)F.O=C(O)C(F)(F)F. The van der Waals surface area contributed by atoms with Gasteiger partial charge < -0.3 is 24.4 Å². The van der Waals surface area contributed by atoms with E-state index in [0.29, 0.717) is 18.2 Å². The Balaban J connectivity index is 0.000000317. The molecule has 1 aromatic carbocycles. The van der Waals surface area contributed by atoms with Crippen molar-refractivity contribution in [3.05, 3.63) is 59.5 Å². The maximum absolute atomic E-state index is 13.1. The van der Waals surface area contributed by atoms with Crippen LogP contribution in [0, 0.1) is 0 Å². The van der Waals surface area contributed by atoms with Crippen LogP contribution >= 0.6 is 0 Å². The van der Waals surface area contributed by atoms with Gasteiger partial charge in [0.1, 0.15) is 0 Å². The van der Waals surface area contributed by atoms with E-state index >= 15 is 0 Å². The summed E-state index contributed by atoms with van der Waals surface area (Å²) in [6, 6.07) is 11.0. The van der Waals surface area contributed by atoms with Gasteiger partial charge in [-0.15, -0.1) is 0 Å². The summed E-state index contributed by atoms with van der Waals surface area (Å²) >= 11 is 0. The molecule has 0 saturated carbocycles. The Kier molecular flexibility index (Phi) is 11.5. The molecule has 44 heavy (non-hydrogen) atoms. The number of halogens is 6. The first kappa shape index (κ1) is 34.9. The second kappa shape index (κ2) is 14.5. The number of likely N-dealkylation sites (N-methyl/N-ethyl adjacent to an activating group) is 1. The van der Waals surface area contributed by atoms with Crippen LogP contribution in [0.3, 0.4) is 0 Å². The van der Waals surface area contributed by atoms with Gasteiger partial charge >= 0.3 is 24.3 Å². The lowest BCUT2D eigenvalue weighted by atomic mass is 9.73. The third kappa shape index (κ3) is 9.45. The van der Waals surface area contributed by atoms with Crippen LogP contribution in [0.25, 0.3) is 0 Å². The highest BCUT2D eigenvalue weighted by atomic mass is 19.4. The van der Waals surface area contributed by atoms with Crippen LogP contribution in [-0.2, 0) is 26.3 Å². The Hall–Kier alpha value is -3.59. The number of piperazine rings is 1. The first-order valence-corrected chi connectivity index (χ1v) is 13.9. The van der Waals surface area contributed by atoms with E-state index in [9.17, 15) is 31.1 Å². The van der Waals surface area contributed by atoms with E-state index in [4.69, 9.17) is 24.2 Å². The third-order valence-corrected chi connectivity index (χ3v) is 8.17. The maximum Gasteiger partial charge on any atom is 0.490 e. The molecule has 2 N–H and O–H groups in total. The number of carboxylic acid groups (broad SMARTS) is 2. The lowest BCUT2D eigenvalue weighted by Crippen LogP contribution is -2.47. The van der Waals surface area contributed by atoms with E-state index in [1.165, 1.54) is 29.5 Å². The van der Waals surface area contributed by atoms with Crippen LogP contribution in [0.15, 0.2) is 47.3 Å². The highest BCUT2D eigenvalue weighted by Crippen LogP contribution is 2.52. The van der Waals surface area contributed by atoms with Crippen molar-refractivity contribution in [1.82, 2.24) is 14.7 Å². The molecule has 9 nitrogen and oxygen atoms in total. The normalized spacial score (nSPS) is 20.2. The predicted octanol–water partition coefficient (Wildman–Crippen LogP) is 4.73. The maximum atomic E-state index is 13.1. The van der Waals surface area contributed by atoms with Crippen molar-refractivity contribution in [2.75, 3.05) is 46.3 Å². The van der Waals surface area contributed by atoms with Gasteiger partial charge in [0.05, 0.1) is 12.5 Å². The van der Waals surface area contributed by atoms with Crippen LogP contribution in [-0.4, -0.2) is 101 Å². The molecule has 0 bridgehead atoms. The number of piperidine rings is 1. The minimum absolute atomic E-state index is 0.247. The molecule has 2 aromatic rings. The lowest BCUT2D eigenvalue weighted by molar-refractivity contribution is -0.193. The van der Waals surface area contributed by atoms with Gasteiger partial charge in [-0.1, -0.05) is 24.3 Å². The molecule has 1 aliphatic carbocycles. The van der Waals surface area contributed by atoms with Crippen LogP contribution in [0.2, 0.25) is 0 Å². The second-order valence-corrected chi connectivity index (χ2v) is 11.2. The third-order valence-electron chi connectivity index (χ3n) is 8.17. The summed E-state index contributed by atoms with van der Waals surface area (Å²) in [6.07, 6.45) is -2.39. The number of hydrogen-bond acceptors (Lipinski definition) is 6. The monoisotopic (exact) mass is 635 g/mol. The number of aliphatic carboxylic acids is 2. The van der Waals surface area contributed by atoms with Crippen molar-refractivity contribution in [2.24, 2.45) is 0 Å². The fraction of sp³-hybridized carbons (Fsp3) is 0.552. The van der Waals surface area contributed by atoms with Crippen molar-refractivity contribution < 1.29 is 55.4 Å². The fourth-order valence-electron chi connectivity index (χ4n) is 5.86. The van der Waals surface area contributed by atoms with Gasteiger partial charge in [0.15, 0.2) is 0 Å². The molecule has 1 aromatic heterocycles. The van der Waals surface area contributed by atoms with Gasteiger partial charge in [-0.25, -0.2) is 9.59 Å². The first-order valence-electron chi connectivity index (χ1n) is 13.9. The van der Waals surface area contributed by atoms with Gasteiger partial charge in [-0.05, 0) is 67.9 Å². The number of carboxylic acids is 2. The molecule has 1 atom stereocenters. The zero-order valence-corrected chi connectivity index (χ0v) is 24.0. The lowest BCUT2D eigenvalue weighted by Gasteiger charge is -2.40. The predicted molar refractivity (Wildman–Crippen MR) is 145 cm³/mol. The zero-order valence-electron chi connectivity index (χ0n) is 24.0. The van der Waals surface area contributed by atoms with Crippen LogP contribution in [0.5, 0.6) is 0 Å². The molecule has 1 spiro atoms. The fourth-order valence-corrected chi connectivity index (χ4v) is 5.86. The van der Waals surface area contributed by atoms with Gasteiger partial charge in [0.25, 0.3) is 0 Å². The Morgan fingerprint density at radius 2 is 1.43 bits per heavy atom. The molecule has 5 rings (SSSR count). The number of rotatable bonds is 4. The number of furan rings is 1. The van der Waals surface area contributed by atoms with Crippen molar-refractivity contribution >= 4 is 17.8 Å². The van der Waals surface area contributed by atoms with E-state index in [1.54, 1.807) is 6.26 Å². The Bertz CT molecular complexity index is 1230. The van der Waals surface area contributed by atoms with Crippen molar-refractivity contribution in [1.29, 1.82) is 0 Å². The Morgan fingerprint density at radius 1 is 0.886 bits per heavy atom. The van der Waals surface area contributed by atoms with Crippen LogP contribution < -0.4 is 0 Å². The highest BCUT2D eigenvalue weighted by molar-refractivity contribution is 5.77. The molecule has 2 aliphatic heterocycles. The number of alkyl halides is 6. The number of nitrogens with zero attached hydrogens (tertiary/aromatic N) is 3. The quantitative estimate of drug-likeness (QED) is 0.464. The minimum atomic E-state index is -5.08. The summed E-state index contributed by atoms with van der Waals surface area (Å²) in [7, 11) is 2.14. The molecule has 2 fully saturated rings. The number of fused-ring (bicyclic) bond motifs is 2. The molecule has 1 amide bonds. The summed E-state index contributed by atoms with van der Waals surface area (Å²) < 4.78 is 68.7. The van der Waals surface area contributed by atoms with Gasteiger partial charge in [-0.3, -0.25) is 9.69 Å². The average molecular weight is 636 g/mol. The Morgan fingerprint density at radius 3 is 1.93 bits per heavy atom. The summed E-state index contributed by atoms with van der Waals surface area (Å²) in [4.78, 5) is 37.8. The molecule has 244 valence electrons. The topological polar surface area (TPSA) is 115 Å². The number of carbonyl (C=O) groups is 3. The van der Waals surface area contributed by atoms with E-state index < -0.39 is 24.3 Å². The molecule has 0 radical (unpaired) electrons. The van der Waals surface area contributed by atoms with Crippen molar-refractivity contribution in [3.63, 3.8) is 0 Å². The number of benzene rings is 1. The molecule has 2 saturated heterocycles. The van der Waals surface area contributed by atoms with E-state index in [1.807, 2.05) is 6.26 Å². The number of amides is 1. The molecule has 3 aliphatic rings. The number of carbonyl (C=O) groups excluding carboxylic acids is 1. The molecule has 15 heteroatoms. The van der Waals surface area contributed by atoms with Gasteiger partial charge in [-0.2, -0.15) is 26.3 Å². The second-order valence-electron chi connectivity index (χ2n) is 11.2. The molecular weight excluding hydrogens is 600 g/mol. The number of likely N-dealkylation sites (tertiary alicyclic amines) is 1. The minimum Gasteiger partial charge on any atom is -0.475 e. The van der Waals surface area contributed by atoms with Gasteiger partial charge in [0, 0.05) is 44.7 Å². The summed E-state index contributed by atoms with van der Waals surface area (Å²) in [5.41, 5.74) is 4.46. The smallest absolute Gasteiger partial charge is 0.475 e. The Labute approximate surface area is 250 Å². The average Bonchev–Trinajstić information content (AvgIpc) is 3.57. The zero-order chi connectivity index (χ0) is 32.7. The molecular formula is C29H35F6N3O6. The van der Waals surface area contributed by atoms with Crippen LogP contribution in [0.1, 0.15) is 48.3 Å². The summed E-state index contributed by atoms with van der Waals surface area (Å²) in [5, 5.41) is 14.2. The van der Waals surface area contributed by atoms with Gasteiger partial charge in [0.2, 0.25) is 5.91 Å². The summed E-state index contributed by atoms with van der Waals surface area (Å²) in [6.45, 7) is 6.92. The van der Waals surface area contributed by atoms with Crippen molar-refractivity contribution in [3.8, 4) is 0 Å².